The molecule has 3 nitrogen and oxygen atoms in total. The minimum Gasteiger partial charge on any atom is -0.494 e. The fourth-order valence-corrected chi connectivity index (χ4v) is 2.79. The summed E-state index contributed by atoms with van der Waals surface area (Å²) in [7, 11) is -1.83. The normalized spacial score (nSPS) is 13.5. The lowest BCUT2D eigenvalue weighted by molar-refractivity contribution is 0.386. The summed E-state index contributed by atoms with van der Waals surface area (Å²) in [6.07, 6.45) is 1.09. The Morgan fingerprint density at radius 2 is 2.12 bits per heavy atom. The van der Waals surface area contributed by atoms with Crippen LogP contribution in [-0.4, -0.2) is 27.5 Å². The molecule has 1 atom stereocenters. The summed E-state index contributed by atoms with van der Waals surface area (Å²) in [6, 6.07) is 4.15. The first kappa shape index (κ1) is 13.3. The molecule has 0 aromatic heterocycles. The van der Waals surface area contributed by atoms with Crippen molar-refractivity contribution in [3.63, 3.8) is 0 Å². The van der Waals surface area contributed by atoms with Crippen LogP contribution in [0, 0.1) is 5.82 Å². The second-order valence-corrected chi connectivity index (χ2v) is 6.17. The van der Waals surface area contributed by atoms with Crippen LogP contribution in [0.2, 0.25) is 0 Å². The predicted octanol–water partition coefficient (Wildman–Crippen LogP) is 2.16. The Morgan fingerprint density at radius 3 is 2.56 bits per heavy atom. The molecule has 0 fully saturated rings. The summed E-state index contributed by atoms with van der Waals surface area (Å²) in [5, 5.41) is -0.754. The first-order valence-corrected chi connectivity index (χ1v) is 6.98. The van der Waals surface area contributed by atoms with Crippen LogP contribution in [0.25, 0.3) is 0 Å². The highest BCUT2D eigenvalue weighted by molar-refractivity contribution is 7.90. The summed E-state index contributed by atoms with van der Waals surface area (Å²) in [5.74, 6) is -0.675. The lowest BCUT2D eigenvalue weighted by atomic mass is 10.1. The number of halogens is 2. The smallest absolute Gasteiger partial charge is 0.165 e. The van der Waals surface area contributed by atoms with Crippen molar-refractivity contribution in [2.75, 3.05) is 19.1 Å². The molecule has 0 saturated carbocycles. The van der Waals surface area contributed by atoms with E-state index in [0.29, 0.717) is 5.56 Å². The van der Waals surface area contributed by atoms with E-state index in [2.05, 4.69) is 0 Å². The molecular formula is C10H12ClFO3S. The number of hydrogen-bond donors (Lipinski definition) is 0. The maximum atomic E-state index is 13.3. The lowest BCUT2D eigenvalue weighted by Gasteiger charge is -2.10. The van der Waals surface area contributed by atoms with Gasteiger partial charge < -0.3 is 4.74 Å². The monoisotopic (exact) mass is 266 g/mol. The van der Waals surface area contributed by atoms with E-state index in [4.69, 9.17) is 16.3 Å². The summed E-state index contributed by atoms with van der Waals surface area (Å²) >= 11 is 5.87. The van der Waals surface area contributed by atoms with Gasteiger partial charge in [0.2, 0.25) is 0 Å². The van der Waals surface area contributed by atoms with Crippen molar-refractivity contribution in [3.05, 3.63) is 29.6 Å². The molecule has 90 valence electrons. The number of sulfone groups is 1. The van der Waals surface area contributed by atoms with Crippen LogP contribution in [0.15, 0.2) is 18.2 Å². The third-order valence-electron chi connectivity index (χ3n) is 1.99. The molecule has 0 N–H and O–H groups in total. The van der Waals surface area contributed by atoms with E-state index >= 15 is 0 Å². The number of ether oxygens (including phenoxy) is 1. The number of hydrogen-bond acceptors (Lipinski definition) is 3. The summed E-state index contributed by atoms with van der Waals surface area (Å²) in [6.45, 7) is 0. The molecule has 6 heteroatoms. The zero-order valence-electron chi connectivity index (χ0n) is 8.91. The quantitative estimate of drug-likeness (QED) is 0.785. The predicted molar refractivity (Wildman–Crippen MR) is 61.3 cm³/mol. The number of alkyl halides is 1. The maximum absolute atomic E-state index is 13.3. The average Bonchev–Trinajstić information content (AvgIpc) is 2.15. The van der Waals surface area contributed by atoms with Gasteiger partial charge >= 0.3 is 0 Å². The average molecular weight is 267 g/mol. The zero-order valence-corrected chi connectivity index (χ0v) is 10.5. The summed E-state index contributed by atoms with van der Waals surface area (Å²) < 4.78 is 40.1. The van der Waals surface area contributed by atoms with Crippen LogP contribution in [0.4, 0.5) is 4.39 Å². The van der Waals surface area contributed by atoms with E-state index in [-0.39, 0.29) is 11.5 Å². The van der Waals surface area contributed by atoms with E-state index in [0.717, 1.165) is 6.26 Å². The van der Waals surface area contributed by atoms with Gasteiger partial charge in [-0.3, -0.25) is 0 Å². The topological polar surface area (TPSA) is 43.4 Å². The Balaban J connectivity index is 2.93. The molecule has 0 saturated heterocycles. The van der Waals surface area contributed by atoms with Crippen LogP contribution in [0.3, 0.4) is 0 Å². The Morgan fingerprint density at radius 1 is 1.50 bits per heavy atom. The molecule has 0 aliphatic carbocycles. The molecule has 0 bridgehead atoms. The Hall–Kier alpha value is -0.810. The molecule has 16 heavy (non-hydrogen) atoms. The Kier molecular flexibility index (Phi) is 4.15. The highest BCUT2D eigenvalue weighted by Gasteiger charge is 2.16. The van der Waals surface area contributed by atoms with Gasteiger partial charge in [-0.05, 0) is 17.7 Å². The minimum absolute atomic E-state index is 0.104. The minimum atomic E-state index is -3.19. The van der Waals surface area contributed by atoms with Crippen molar-refractivity contribution >= 4 is 21.4 Å². The van der Waals surface area contributed by atoms with Crippen molar-refractivity contribution in [1.29, 1.82) is 0 Å². The highest BCUT2D eigenvalue weighted by atomic mass is 35.5. The SMILES string of the molecule is COc1ccc(C(Cl)CS(C)(=O)=O)cc1F. The van der Waals surface area contributed by atoms with Gasteiger partial charge in [-0.1, -0.05) is 6.07 Å². The molecule has 1 aromatic carbocycles. The van der Waals surface area contributed by atoms with Crippen LogP contribution >= 0.6 is 11.6 Å². The molecule has 0 aliphatic heterocycles. The van der Waals surface area contributed by atoms with E-state index in [9.17, 15) is 12.8 Å². The maximum Gasteiger partial charge on any atom is 0.165 e. The van der Waals surface area contributed by atoms with Gasteiger partial charge in [0.05, 0.1) is 18.2 Å². The van der Waals surface area contributed by atoms with Crippen LogP contribution in [-0.2, 0) is 9.84 Å². The van der Waals surface area contributed by atoms with E-state index in [1.807, 2.05) is 0 Å². The molecule has 0 aliphatic rings. The highest BCUT2D eigenvalue weighted by Crippen LogP contribution is 2.26. The second-order valence-electron chi connectivity index (χ2n) is 3.45. The fourth-order valence-electron chi connectivity index (χ4n) is 1.24. The van der Waals surface area contributed by atoms with Gasteiger partial charge in [0.25, 0.3) is 0 Å². The molecular weight excluding hydrogens is 255 g/mol. The fraction of sp³-hybridized carbons (Fsp3) is 0.400. The Labute approximate surface area is 99.1 Å². The molecule has 1 unspecified atom stereocenters. The number of rotatable bonds is 4. The molecule has 1 aromatic rings. The van der Waals surface area contributed by atoms with Gasteiger partial charge in [0.1, 0.15) is 9.84 Å². The van der Waals surface area contributed by atoms with Crippen LogP contribution < -0.4 is 4.74 Å². The van der Waals surface area contributed by atoms with Crippen molar-refractivity contribution in [1.82, 2.24) is 0 Å². The van der Waals surface area contributed by atoms with Gasteiger partial charge in [-0.2, -0.15) is 0 Å². The third kappa shape index (κ3) is 3.64. The summed E-state index contributed by atoms with van der Waals surface area (Å²) in [5.41, 5.74) is 0.422. The third-order valence-corrected chi connectivity index (χ3v) is 3.51. The molecule has 0 amide bonds. The van der Waals surface area contributed by atoms with Crippen molar-refractivity contribution in [3.8, 4) is 5.75 Å². The van der Waals surface area contributed by atoms with Crippen molar-refractivity contribution in [2.45, 2.75) is 5.38 Å². The lowest BCUT2D eigenvalue weighted by Crippen LogP contribution is -2.09. The number of methoxy groups -OCH3 is 1. The molecule has 1 rings (SSSR count). The molecule has 0 spiro atoms. The van der Waals surface area contributed by atoms with Gasteiger partial charge in [-0.25, -0.2) is 12.8 Å². The van der Waals surface area contributed by atoms with Crippen LogP contribution in [0.1, 0.15) is 10.9 Å². The first-order valence-electron chi connectivity index (χ1n) is 4.48. The van der Waals surface area contributed by atoms with E-state index < -0.39 is 21.0 Å². The summed E-state index contributed by atoms with van der Waals surface area (Å²) in [4.78, 5) is 0. The van der Waals surface area contributed by atoms with Gasteiger partial charge in [0.15, 0.2) is 11.6 Å². The largest absolute Gasteiger partial charge is 0.494 e. The van der Waals surface area contributed by atoms with Crippen molar-refractivity contribution < 1.29 is 17.5 Å². The van der Waals surface area contributed by atoms with Crippen molar-refractivity contribution in [2.24, 2.45) is 0 Å². The Bertz CT molecular complexity index is 473. The molecule has 0 radical (unpaired) electrons. The second kappa shape index (κ2) is 5.01. The van der Waals surface area contributed by atoms with Crippen LogP contribution in [0.5, 0.6) is 5.75 Å². The van der Waals surface area contributed by atoms with E-state index in [1.165, 1.54) is 19.2 Å². The first-order chi connectivity index (χ1) is 7.33. The number of benzene rings is 1. The molecule has 0 heterocycles. The van der Waals surface area contributed by atoms with E-state index in [1.54, 1.807) is 6.07 Å². The standard InChI is InChI=1S/C10H12ClFO3S/c1-15-10-4-3-7(5-9(10)12)8(11)6-16(2,13)14/h3-5,8H,6H2,1-2H3. The zero-order chi connectivity index (χ0) is 12.3. The van der Waals surface area contributed by atoms with Gasteiger partial charge in [0, 0.05) is 6.26 Å². The van der Waals surface area contributed by atoms with Gasteiger partial charge in [-0.15, -0.1) is 11.6 Å².